The zero-order valence-corrected chi connectivity index (χ0v) is 16.1. The van der Waals surface area contributed by atoms with Crippen molar-refractivity contribution in [3.63, 3.8) is 0 Å². The van der Waals surface area contributed by atoms with E-state index in [4.69, 9.17) is 25.8 Å². The van der Waals surface area contributed by atoms with Crippen LogP contribution >= 0.6 is 11.6 Å². The third-order valence-corrected chi connectivity index (χ3v) is 3.85. The van der Waals surface area contributed by atoms with Crippen LogP contribution in [-0.4, -0.2) is 37.9 Å². The molecule has 2 rings (SSSR count). The number of nitro groups is 1. The Bertz CT molecular complexity index is 916. The number of rotatable bonds is 8. The number of benzene rings is 2. The van der Waals surface area contributed by atoms with Gasteiger partial charge in [-0.1, -0.05) is 11.6 Å². The van der Waals surface area contributed by atoms with Crippen molar-refractivity contribution in [1.82, 2.24) is 5.43 Å². The number of hydrazone groups is 1. The maximum atomic E-state index is 11.9. The number of hydrogen-bond donors (Lipinski definition) is 1. The molecule has 0 bridgehead atoms. The van der Waals surface area contributed by atoms with Crippen LogP contribution in [-0.2, 0) is 4.79 Å². The van der Waals surface area contributed by atoms with Crippen LogP contribution in [0.2, 0.25) is 5.02 Å². The Morgan fingerprint density at radius 1 is 1.21 bits per heavy atom. The van der Waals surface area contributed by atoms with Crippen molar-refractivity contribution in [3.05, 3.63) is 56.6 Å². The van der Waals surface area contributed by atoms with Gasteiger partial charge in [-0.05, 0) is 36.8 Å². The number of nitrogens with zero attached hydrogens (tertiary/aromatic N) is 2. The van der Waals surface area contributed by atoms with E-state index < -0.39 is 10.8 Å². The van der Waals surface area contributed by atoms with E-state index in [9.17, 15) is 14.9 Å². The van der Waals surface area contributed by atoms with Crippen molar-refractivity contribution in [2.75, 3.05) is 20.8 Å². The van der Waals surface area contributed by atoms with Crippen LogP contribution in [0.5, 0.6) is 17.2 Å². The molecule has 2 aromatic carbocycles. The molecule has 0 fully saturated rings. The van der Waals surface area contributed by atoms with Gasteiger partial charge in [-0.2, -0.15) is 5.10 Å². The molecule has 0 radical (unpaired) electrons. The molecule has 9 nitrogen and oxygen atoms in total. The topological polar surface area (TPSA) is 112 Å². The van der Waals surface area contributed by atoms with Crippen LogP contribution in [0.25, 0.3) is 0 Å². The minimum absolute atomic E-state index is 0.136. The number of nitro benzene ring substituents is 1. The molecular weight excluding hydrogens is 390 g/mol. The third kappa shape index (κ3) is 5.34. The fourth-order valence-corrected chi connectivity index (χ4v) is 2.50. The first kappa shape index (κ1) is 21.0. The summed E-state index contributed by atoms with van der Waals surface area (Å²) in [5.41, 5.74) is 2.92. The minimum Gasteiger partial charge on any atom is -0.493 e. The van der Waals surface area contributed by atoms with Crippen molar-refractivity contribution < 1.29 is 23.9 Å². The number of methoxy groups -OCH3 is 2. The molecule has 0 spiro atoms. The molecule has 0 aliphatic carbocycles. The Kier molecular flexibility index (Phi) is 7.16. The summed E-state index contributed by atoms with van der Waals surface area (Å²) < 4.78 is 15.6. The summed E-state index contributed by atoms with van der Waals surface area (Å²) in [4.78, 5) is 22.5. The van der Waals surface area contributed by atoms with E-state index in [2.05, 4.69) is 10.5 Å². The van der Waals surface area contributed by atoms with Gasteiger partial charge in [0.15, 0.2) is 18.1 Å². The summed E-state index contributed by atoms with van der Waals surface area (Å²) in [5.74, 6) is 0.484. The van der Waals surface area contributed by atoms with Gasteiger partial charge in [-0.15, -0.1) is 0 Å². The summed E-state index contributed by atoms with van der Waals surface area (Å²) in [6, 6.07) is 7.62. The Hall–Kier alpha value is -3.33. The molecule has 0 saturated carbocycles. The Morgan fingerprint density at radius 3 is 2.50 bits per heavy atom. The highest BCUT2D eigenvalue weighted by atomic mass is 35.5. The van der Waals surface area contributed by atoms with E-state index in [1.165, 1.54) is 26.4 Å². The predicted octanol–water partition coefficient (Wildman–Crippen LogP) is 3.10. The zero-order valence-electron chi connectivity index (χ0n) is 15.4. The molecule has 0 aromatic heterocycles. The molecule has 0 aliphatic heterocycles. The van der Waals surface area contributed by atoms with Gasteiger partial charge in [0.1, 0.15) is 5.75 Å². The van der Waals surface area contributed by atoms with E-state index in [1.54, 1.807) is 25.1 Å². The lowest BCUT2D eigenvalue weighted by Crippen LogP contribution is -2.24. The van der Waals surface area contributed by atoms with Crippen molar-refractivity contribution in [1.29, 1.82) is 0 Å². The number of amides is 1. The van der Waals surface area contributed by atoms with E-state index >= 15 is 0 Å². The van der Waals surface area contributed by atoms with Gasteiger partial charge < -0.3 is 14.2 Å². The molecule has 0 saturated heterocycles. The monoisotopic (exact) mass is 407 g/mol. The first-order chi connectivity index (χ1) is 13.3. The molecule has 0 unspecified atom stereocenters. The highest BCUT2D eigenvalue weighted by molar-refractivity contribution is 6.30. The molecule has 2 aromatic rings. The van der Waals surface area contributed by atoms with Crippen molar-refractivity contribution >= 4 is 29.4 Å². The lowest BCUT2D eigenvalue weighted by molar-refractivity contribution is -0.385. The Labute approximate surface area is 166 Å². The molecular formula is C18H18ClN3O6. The van der Waals surface area contributed by atoms with E-state index in [0.29, 0.717) is 16.5 Å². The Morgan fingerprint density at radius 2 is 1.89 bits per heavy atom. The second kappa shape index (κ2) is 9.56. The molecule has 0 heterocycles. The zero-order chi connectivity index (χ0) is 20.7. The SMILES string of the molecule is COc1cc(/C=N\NC(=O)COc2ccc(Cl)cc2C)c([N+](=O)[O-])cc1OC. The molecule has 10 heteroatoms. The second-order valence-electron chi connectivity index (χ2n) is 5.51. The third-order valence-electron chi connectivity index (χ3n) is 3.62. The van der Waals surface area contributed by atoms with Crippen LogP contribution in [0, 0.1) is 17.0 Å². The molecule has 28 heavy (non-hydrogen) atoms. The fourth-order valence-electron chi connectivity index (χ4n) is 2.27. The highest BCUT2D eigenvalue weighted by Crippen LogP contribution is 2.33. The van der Waals surface area contributed by atoms with E-state index in [1.807, 2.05) is 0 Å². The Balaban J connectivity index is 2.05. The highest BCUT2D eigenvalue weighted by Gasteiger charge is 2.18. The van der Waals surface area contributed by atoms with Crippen molar-refractivity contribution in [2.24, 2.45) is 5.10 Å². The van der Waals surface area contributed by atoms with E-state index in [-0.39, 0.29) is 23.6 Å². The number of carbonyl (C=O) groups excluding carboxylic acids is 1. The van der Waals surface area contributed by atoms with Crippen molar-refractivity contribution in [2.45, 2.75) is 6.92 Å². The molecule has 1 amide bonds. The molecule has 148 valence electrons. The van der Waals surface area contributed by atoms with E-state index in [0.717, 1.165) is 11.8 Å². The average Bonchev–Trinajstić information content (AvgIpc) is 2.66. The number of ether oxygens (including phenoxy) is 3. The van der Waals surface area contributed by atoms with Crippen LogP contribution < -0.4 is 19.6 Å². The van der Waals surface area contributed by atoms with Gasteiger partial charge in [-0.3, -0.25) is 14.9 Å². The summed E-state index contributed by atoms with van der Waals surface area (Å²) in [7, 11) is 2.78. The van der Waals surface area contributed by atoms with Gasteiger partial charge in [-0.25, -0.2) is 5.43 Å². The summed E-state index contributed by atoms with van der Waals surface area (Å²) >= 11 is 5.86. The van der Waals surface area contributed by atoms with Gasteiger partial charge in [0.05, 0.1) is 37.0 Å². The largest absolute Gasteiger partial charge is 0.493 e. The molecule has 0 atom stereocenters. The maximum Gasteiger partial charge on any atom is 0.282 e. The number of aryl methyl sites for hydroxylation is 1. The van der Waals surface area contributed by atoms with Crippen LogP contribution in [0.3, 0.4) is 0 Å². The smallest absolute Gasteiger partial charge is 0.282 e. The maximum absolute atomic E-state index is 11.9. The van der Waals surface area contributed by atoms with Crippen molar-refractivity contribution in [3.8, 4) is 17.2 Å². The predicted molar refractivity (Wildman–Crippen MR) is 104 cm³/mol. The summed E-state index contributed by atoms with van der Waals surface area (Å²) in [5, 5.41) is 15.5. The lowest BCUT2D eigenvalue weighted by Gasteiger charge is -2.09. The normalized spacial score (nSPS) is 10.6. The second-order valence-corrected chi connectivity index (χ2v) is 5.95. The quantitative estimate of drug-likeness (QED) is 0.408. The van der Waals surface area contributed by atoms with Crippen LogP contribution in [0.1, 0.15) is 11.1 Å². The minimum atomic E-state index is -0.586. The summed E-state index contributed by atoms with van der Waals surface area (Å²) in [6.45, 7) is 1.52. The number of carbonyl (C=O) groups is 1. The first-order valence-corrected chi connectivity index (χ1v) is 8.34. The van der Waals surface area contributed by atoms with Crippen LogP contribution in [0.4, 0.5) is 5.69 Å². The first-order valence-electron chi connectivity index (χ1n) is 7.97. The number of halogens is 1. The van der Waals surface area contributed by atoms with Gasteiger partial charge >= 0.3 is 0 Å². The van der Waals surface area contributed by atoms with Crippen LogP contribution in [0.15, 0.2) is 35.4 Å². The standard InChI is InChI=1S/C18H18ClN3O6/c1-11-6-13(19)4-5-15(11)28-10-18(23)21-20-9-12-7-16(26-2)17(27-3)8-14(12)22(24)25/h4-9H,10H2,1-3H3,(H,21,23)/b20-9-. The van der Waals surface area contributed by atoms with Gasteiger partial charge in [0, 0.05) is 5.02 Å². The molecule has 0 aliphatic rings. The fraction of sp³-hybridized carbons (Fsp3) is 0.222. The number of nitrogens with one attached hydrogen (secondary N) is 1. The molecule has 1 N–H and O–H groups in total. The van der Waals surface area contributed by atoms with Gasteiger partial charge in [0.2, 0.25) is 0 Å². The lowest BCUT2D eigenvalue weighted by atomic mass is 10.1. The van der Waals surface area contributed by atoms with Gasteiger partial charge in [0.25, 0.3) is 11.6 Å². The summed E-state index contributed by atoms with van der Waals surface area (Å²) in [6.07, 6.45) is 1.14. The number of hydrogen-bond acceptors (Lipinski definition) is 7. The average molecular weight is 408 g/mol.